The Balaban J connectivity index is 2.07. The van der Waals surface area contributed by atoms with Crippen LogP contribution in [0.3, 0.4) is 0 Å². The fourth-order valence-electron chi connectivity index (χ4n) is 3.13. The highest BCUT2D eigenvalue weighted by molar-refractivity contribution is 6.01. The van der Waals surface area contributed by atoms with E-state index in [1.54, 1.807) is 0 Å². The molecule has 1 aromatic rings. The molecule has 1 aliphatic heterocycles. The number of ether oxygens (including phenoxy) is 1. The lowest BCUT2D eigenvalue weighted by Crippen LogP contribution is -2.45. The van der Waals surface area contributed by atoms with Crippen molar-refractivity contribution in [2.45, 2.75) is 38.6 Å². The Morgan fingerprint density at radius 2 is 2.29 bits per heavy atom. The van der Waals surface area contributed by atoms with Crippen molar-refractivity contribution >= 4 is 11.7 Å². The van der Waals surface area contributed by atoms with Gasteiger partial charge in [-0.15, -0.1) is 0 Å². The van der Waals surface area contributed by atoms with Crippen molar-refractivity contribution in [3.05, 3.63) is 22.9 Å². The van der Waals surface area contributed by atoms with Crippen LogP contribution in [-0.4, -0.2) is 41.8 Å². The molecule has 0 amide bonds. The first-order chi connectivity index (χ1) is 10.2. The zero-order valence-corrected chi connectivity index (χ0v) is 12.4. The third kappa shape index (κ3) is 2.68. The molecular weight excluding hydrogens is 268 g/mol. The van der Waals surface area contributed by atoms with E-state index < -0.39 is 0 Å². The highest BCUT2D eigenvalue weighted by Crippen LogP contribution is 2.28. The van der Waals surface area contributed by atoms with Crippen molar-refractivity contribution in [2.24, 2.45) is 10.9 Å². The Bertz CT molecular complexity index is 559. The van der Waals surface area contributed by atoms with E-state index in [0.29, 0.717) is 13.2 Å². The normalized spacial score (nSPS) is 23.0. The standard InChI is InChI=1S/C15H22N4O2/c1-10-9-21-7-6-19(10)15-12(14(16)18-20)8-11-4-2-3-5-13(11)17-15/h8,10,20H,2-7,9H2,1H3,(H2,16,18). The summed E-state index contributed by atoms with van der Waals surface area (Å²) >= 11 is 0. The molecule has 0 radical (unpaired) electrons. The quantitative estimate of drug-likeness (QED) is 0.371. The number of nitrogens with zero attached hydrogens (tertiary/aromatic N) is 3. The van der Waals surface area contributed by atoms with Gasteiger partial charge < -0.3 is 20.6 Å². The lowest BCUT2D eigenvalue weighted by atomic mass is 9.94. The minimum absolute atomic E-state index is 0.129. The average molecular weight is 290 g/mol. The molecule has 6 heteroatoms. The number of hydrogen-bond donors (Lipinski definition) is 2. The van der Waals surface area contributed by atoms with Crippen LogP contribution >= 0.6 is 0 Å². The number of oxime groups is 1. The number of hydrogen-bond acceptors (Lipinski definition) is 5. The summed E-state index contributed by atoms with van der Waals surface area (Å²) in [4.78, 5) is 7.05. The van der Waals surface area contributed by atoms with Crippen LogP contribution in [0.5, 0.6) is 0 Å². The summed E-state index contributed by atoms with van der Waals surface area (Å²) in [6, 6.07) is 2.28. The van der Waals surface area contributed by atoms with Gasteiger partial charge in [-0.2, -0.15) is 0 Å². The molecular formula is C15H22N4O2. The number of morpholine rings is 1. The van der Waals surface area contributed by atoms with Crippen LogP contribution in [0.25, 0.3) is 0 Å². The number of aryl methyl sites for hydroxylation is 2. The molecule has 2 aliphatic rings. The van der Waals surface area contributed by atoms with Crippen LogP contribution in [-0.2, 0) is 17.6 Å². The van der Waals surface area contributed by atoms with Crippen LogP contribution in [0.15, 0.2) is 11.2 Å². The SMILES string of the molecule is CC1COCCN1c1nc2c(cc1C(N)=NO)CCCC2. The van der Waals surface area contributed by atoms with Crippen LogP contribution in [0.2, 0.25) is 0 Å². The molecule has 1 aliphatic carbocycles. The van der Waals surface area contributed by atoms with E-state index in [2.05, 4.69) is 17.0 Å². The van der Waals surface area contributed by atoms with Gasteiger partial charge in [0.15, 0.2) is 5.84 Å². The first kappa shape index (κ1) is 14.1. The van der Waals surface area contributed by atoms with Crippen molar-refractivity contribution in [1.82, 2.24) is 4.98 Å². The highest BCUT2D eigenvalue weighted by atomic mass is 16.5. The summed E-state index contributed by atoms with van der Waals surface area (Å²) in [7, 11) is 0. The van der Waals surface area contributed by atoms with Crippen molar-refractivity contribution in [3.63, 3.8) is 0 Å². The minimum Gasteiger partial charge on any atom is -0.409 e. The lowest BCUT2D eigenvalue weighted by molar-refractivity contribution is 0.0985. The number of rotatable bonds is 2. The topological polar surface area (TPSA) is 84.0 Å². The van der Waals surface area contributed by atoms with E-state index in [4.69, 9.17) is 20.7 Å². The average Bonchev–Trinajstić information content (AvgIpc) is 2.53. The maximum Gasteiger partial charge on any atom is 0.173 e. The molecule has 0 spiro atoms. The highest BCUT2D eigenvalue weighted by Gasteiger charge is 2.26. The van der Waals surface area contributed by atoms with Gasteiger partial charge in [0.25, 0.3) is 0 Å². The molecule has 6 nitrogen and oxygen atoms in total. The molecule has 1 atom stereocenters. The van der Waals surface area contributed by atoms with Gasteiger partial charge in [0.2, 0.25) is 0 Å². The Hall–Kier alpha value is -1.82. The second-order valence-electron chi connectivity index (χ2n) is 5.78. The molecule has 1 saturated heterocycles. The monoisotopic (exact) mass is 290 g/mol. The van der Waals surface area contributed by atoms with Crippen molar-refractivity contribution in [1.29, 1.82) is 0 Å². The molecule has 0 saturated carbocycles. The molecule has 3 N–H and O–H groups in total. The van der Waals surface area contributed by atoms with Gasteiger partial charge in [-0.05, 0) is 44.2 Å². The number of nitrogens with two attached hydrogens (primary N) is 1. The largest absolute Gasteiger partial charge is 0.409 e. The van der Waals surface area contributed by atoms with Crippen LogP contribution in [0.1, 0.15) is 36.6 Å². The number of aromatic nitrogens is 1. The Kier molecular flexibility index (Phi) is 3.96. The van der Waals surface area contributed by atoms with Gasteiger partial charge in [-0.3, -0.25) is 0 Å². The Labute approximate surface area is 124 Å². The van der Waals surface area contributed by atoms with E-state index in [1.807, 2.05) is 6.07 Å². The second-order valence-corrected chi connectivity index (χ2v) is 5.78. The number of pyridine rings is 1. The van der Waals surface area contributed by atoms with Gasteiger partial charge in [0.05, 0.1) is 24.8 Å². The summed E-state index contributed by atoms with van der Waals surface area (Å²) in [5, 5.41) is 12.3. The minimum atomic E-state index is 0.129. The lowest BCUT2D eigenvalue weighted by Gasteiger charge is -2.36. The van der Waals surface area contributed by atoms with E-state index in [9.17, 15) is 0 Å². The smallest absolute Gasteiger partial charge is 0.173 e. The predicted molar refractivity (Wildman–Crippen MR) is 81.0 cm³/mol. The Morgan fingerprint density at radius 3 is 3.05 bits per heavy atom. The molecule has 114 valence electrons. The van der Waals surface area contributed by atoms with Gasteiger partial charge >= 0.3 is 0 Å². The molecule has 2 heterocycles. The molecule has 1 unspecified atom stereocenters. The molecule has 21 heavy (non-hydrogen) atoms. The maximum absolute atomic E-state index is 9.07. The molecule has 0 aromatic carbocycles. The van der Waals surface area contributed by atoms with Crippen molar-refractivity contribution in [3.8, 4) is 0 Å². The van der Waals surface area contributed by atoms with Crippen molar-refractivity contribution < 1.29 is 9.94 Å². The van der Waals surface area contributed by atoms with E-state index in [-0.39, 0.29) is 11.9 Å². The van der Waals surface area contributed by atoms with Gasteiger partial charge in [0.1, 0.15) is 5.82 Å². The Morgan fingerprint density at radius 1 is 1.48 bits per heavy atom. The van der Waals surface area contributed by atoms with Crippen LogP contribution < -0.4 is 10.6 Å². The van der Waals surface area contributed by atoms with Gasteiger partial charge in [-0.25, -0.2) is 4.98 Å². The second kappa shape index (κ2) is 5.89. The summed E-state index contributed by atoms with van der Waals surface area (Å²) in [6.07, 6.45) is 4.39. The molecule has 3 rings (SSSR count). The van der Waals surface area contributed by atoms with Gasteiger partial charge in [-0.1, -0.05) is 5.16 Å². The first-order valence-electron chi connectivity index (χ1n) is 7.55. The summed E-state index contributed by atoms with van der Waals surface area (Å²) < 4.78 is 5.49. The number of fused-ring (bicyclic) bond motifs is 1. The fourth-order valence-corrected chi connectivity index (χ4v) is 3.13. The summed E-state index contributed by atoms with van der Waals surface area (Å²) in [6.45, 7) is 4.24. The van der Waals surface area contributed by atoms with Crippen LogP contribution in [0, 0.1) is 0 Å². The molecule has 1 aromatic heterocycles. The first-order valence-corrected chi connectivity index (χ1v) is 7.55. The maximum atomic E-state index is 9.07. The van der Waals surface area contributed by atoms with Crippen LogP contribution in [0.4, 0.5) is 5.82 Å². The fraction of sp³-hybridized carbons (Fsp3) is 0.600. The summed E-state index contributed by atoms with van der Waals surface area (Å²) in [5.74, 6) is 0.950. The van der Waals surface area contributed by atoms with E-state index >= 15 is 0 Å². The predicted octanol–water partition coefficient (Wildman–Crippen LogP) is 1.28. The van der Waals surface area contributed by atoms with Gasteiger partial charge in [0, 0.05) is 12.2 Å². The number of amidine groups is 1. The molecule has 1 fully saturated rings. The zero-order valence-electron chi connectivity index (χ0n) is 12.4. The third-order valence-corrected chi connectivity index (χ3v) is 4.30. The van der Waals surface area contributed by atoms with E-state index in [1.165, 1.54) is 18.4 Å². The van der Waals surface area contributed by atoms with E-state index in [0.717, 1.165) is 36.5 Å². The number of anilines is 1. The summed E-state index contributed by atoms with van der Waals surface area (Å²) in [5.41, 5.74) is 9.00. The van der Waals surface area contributed by atoms with Crippen molar-refractivity contribution in [2.75, 3.05) is 24.7 Å². The zero-order chi connectivity index (χ0) is 14.8. The molecule has 0 bridgehead atoms. The third-order valence-electron chi connectivity index (χ3n) is 4.30.